The topological polar surface area (TPSA) is 51.5 Å². The maximum absolute atomic E-state index is 12.7. The summed E-state index contributed by atoms with van der Waals surface area (Å²) in [6.07, 6.45) is 3.93. The third kappa shape index (κ3) is 2.66. The molecule has 1 heterocycles. The molecule has 156 valence electrons. The maximum Gasteiger partial charge on any atom is 0.338 e. The zero-order valence-corrected chi connectivity index (χ0v) is 17.7. The van der Waals surface area contributed by atoms with Crippen LogP contribution in [0.5, 0.6) is 0 Å². The highest BCUT2D eigenvalue weighted by Crippen LogP contribution is 2.55. The zero-order valence-electron chi connectivity index (χ0n) is 17.7. The Balaban J connectivity index is 1.72. The molecular formula is C26H29NO3. The summed E-state index contributed by atoms with van der Waals surface area (Å²) < 4.78 is 7.50. The minimum atomic E-state index is -1.41. The molecule has 3 atom stereocenters. The van der Waals surface area contributed by atoms with Crippen LogP contribution in [0.25, 0.3) is 10.9 Å². The number of para-hydroxylation sites is 1. The molecule has 0 spiro atoms. The van der Waals surface area contributed by atoms with Crippen molar-refractivity contribution in [2.45, 2.75) is 56.6 Å². The number of benzene rings is 2. The second kappa shape index (κ2) is 6.98. The molecule has 4 nitrogen and oxygen atoms in total. The van der Waals surface area contributed by atoms with Gasteiger partial charge >= 0.3 is 5.97 Å². The van der Waals surface area contributed by atoms with Crippen LogP contribution < -0.4 is 0 Å². The first kappa shape index (κ1) is 19.4. The van der Waals surface area contributed by atoms with Crippen LogP contribution in [0, 0.1) is 5.92 Å². The van der Waals surface area contributed by atoms with Gasteiger partial charge < -0.3 is 14.4 Å². The molecule has 0 radical (unpaired) electrons. The van der Waals surface area contributed by atoms with Crippen LogP contribution in [-0.4, -0.2) is 28.4 Å². The molecule has 0 saturated heterocycles. The molecular weight excluding hydrogens is 374 g/mol. The fourth-order valence-electron chi connectivity index (χ4n) is 6.36. The summed E-state index contributed by atoms with van der Waals surface area (Å²) in [6, 6.07) is 19.1. The van der Waals surface area contributed by atoms with Crippen LogP contribution in [0.2, 0.25) is 0 Å². The second-order valence-corrected chi connectivity index (χ2v) is 9.19. The Morgan fingerprint density at radius 2 is 1.87 bits per heavy atom. The third-order valence-electron chi connectivity index (χ3n) is 7.62. The van der Waals surface area contributed by atoms with E-state index in [1.807, 2.05) is 6.07 Å². The molecule has 5 rings (SSSR count). The summed E-state index contributed by atoms with van der Waals surface area (Å²) in [5, 5.41) is 12.8. The van der Waals surface area contributed by atoms with E-state index in [-0.39, 0.29) is 11.3 Å². The lowest BCUT2D eigenvalue weighted by Gasteiger charge is -2.52. The number of hydrogen-bond donors (Lipinski definition) is 1. The number of fused-ring (bicyclic) bond motifs is 5. The standard InChI is InChI=1S/C26H29NO3/c1-25-15-8-16-26(29,24(28)30-2)22(25)14-13-20-19-11-6-7-12-21(19)27(23(20)25)17-18-9-4-3-5-10-18/h3-7,9-12,22,29H,8,13-17H2,1-2H3/t22-,25+,26+/m1/s1. The third-order valence-corrected chi connectivity index (χ3v) is 7.62. The van der Waals surface area contributed by atoms with Gasteiger partial charge in [0.25, 0.3) is 0 Å². The Bertz CT molecular complexity index is 1100. The van der Waals surface area contributed by atoms with Gasteiger partial charge in [-0.1, -0.05) is 55.5 Å². The smallest absolute Gasteiger partial charge is 0.338 e. The van der Waals surface area contributed by atoms with E-state index in [1.54, 1.807) is 0 Å². The maximum atomic E-state index is 12.7. The highest BCUT2D eigenvalue weighted by Gasteiger charge is 2.58. The Labute approximate surface area is 177 Å². The van der Waals surface area contributed by atoms with E-state index in [1.165, 1.54) is 34.8 Å². The van der Waals surface area contributed by atoms with Gasteiger partial charge in [0.1, 0.15) is 0 Å². The van der Waals surface area contributed by atoms with Crippen molar-refractivity contribution >= 4 is 16.9 Å². The summed E-state index contributed by atoms with van der Waals surface area (Å²) >= 11 is 0. The first-order valence-corrected chi connectivity index (χ1v) is 10.9. The molecule has 1 fully saturated rings. The van der Waals surface area contributed by atoms with E-state index in [9.17, 15) is 9.90 Å². The van der Waals surface area contributed by atoms with Crippen molar-refractivity contribution in [3.8, 4) is 0 Å². The van der Waals surface area contributed by atoms with Gasteiger partial charge in [0.2, 0.25) is 0 Å². The average molecular weight is 404 g/mol. The molecule has 1 aromatic heterocycles. The van der Waals surface area contributed by atoms with E-state index in [2.05, 4.69) is 60.0 Å². The average Bonchev–Trinajstić information content (AvgIpc) is 3.09. The lowest BCUT2D eigenvalue weighted by Crippen LogP contribution is -2.59. The van der Waals surface area contributed by atoms with Crippen LogP contribution in [0.3, 0.4) is 0 Å². The Morgan fingerprint density at radius 3 is 2.63 bits per heavy atom. The Kier molecular flexibility index (Phi) is 4.51. The van der Waals surface area contributed by atoms with Crippen LogP contribution in [-0.2, 0) is 27.9 Å². The van der Waals surface area contributed by atoms with E-state index in [0.717, 1.165) is 32.2 Å². The molecule has 4 heteroatoms. The molecule has 2 aliphatic rings. The summed E-state index contributed by atoms with van der Waals surface area (Å²) in [4.78, 5) is 12.7. The number of ether oxygens (including phenoxy) is 1. The Hall–Kier alpha value is -2.59. The van der Waals surface area contributed by atoms with Crippen molar-refractivity contribution in [3.63, 3.8) is 0 Å². The fourth-order valence-corrected chi connectivity index (χ4v) is 6.36. The Morgan fingerprint density at radius 1 is 1.13 bits per heavy atom. The highest BCUT2D eigenvalue weighted by atomic mass is 16.5. The number of carbonyl (C=O) groups is 1. The highest BCUT2D eigenvalue weighted by molar-refractivity contribution is 5.87. The van der Waals surface area contributed by atoms with E-state index >= 15 is 0 Å². The number of esters is 1. The van der Waals surface area contributed by atoms with Crippen molar-refractivity contribution < 1.29 is 14.6 Å². The molecule has 0 amide bonds. The number of aryl methyl sites for hydroxylation is 1. The SMILES string of the molecule is COC(=O)[C@]1(O)CCC[C@]2(C)c3c(c4ccccc4n3Cc3ccccc3)CC[C@@H]12. The quantitative estimate of drug-likeness (QED) is 0.651. The zero-order chi connectivity index (χ0) is 20.9. The van der Waals surface area contributed by atoms with Crippen LogP contribution in [0.1, 0.15) is 49.4 Å². The molecule has 0 unspecified atom stereocenters. The van der Waals surface area contributed by atoms with Crippen molar-refractivity contribution in [2.24, 2.45) is 5.92 Å². The molecule has 2 aromatic carbocycles. The van der Waals surface area contributed by atoms with E-state index < -0.39 is 11.6 Å². The summed E-state index contributed by atoms with van der Waals surface area (Å²) in [5.41, 5.74) is 3.49. The number of rotatable bonds is 3. The number of aromatic nitrogens is 1. The minimum absolute atomic E-state index is 0.141. The predicted molar refractivity (Wildman–Crippen MR) is 117 cm³/mol. The van der Waals surface area contributed by atoms with Gasteiger partial charge in [-0.3, -0.25) is 0 Å². The first-order valence-electron chi connectivity index (χ1n) is 10.9. The summed E-state index contributed by atoms with van der Waals surface area (Å²) in [6.45, 7) is 3.04. The van der Waals surface area contributed by atoms with E-state index in [4.69, 9.17) is 4.74 Å². The van der Waals surface area contributed by atoms with Gasteiger partial charge in [-0.2, -0.15) is 0 Å². The van der Waals surface area contributed by atoms with Gasteiger partial charge in [0.05, 0.1) is 7.11 Å². The summed E-state index contributed by atoms with van der Waals surface area (Å²) in [5.74, 6) is -0.620. The van der Waals surface area contributed by atoms with Crippen LogP contribution in [0.15, 0.2) is 54.6 Å². The van der Waals surface area contributed by atoms with Crippen LogP contribution in [0.4, 0.5) is 0 Å². The van der Waals surface area contributed by atoms with Crippen molar-refractivity contribution in [3.05, 3.63) is 71.4 Å². The van der Waals surface area contributed by atoms with Crippen molar-refractivity contribution in [1.29, 1.82) is 0 Å². The first-order chi connectivity index (χ1) is 14.5. The van der Waals surface area contributed by atoms with Crippen molar-refractivity contribution in [1.82, 2.24) is 4.57 Å². The largest absolute Gasteiger partial charge is 0.467 e. The summed E-state index contributed by atoms with van der Waals surface area (Å²) in [7, 11) is 1.38. The molecule has 0 aliphatic heterocycles. The number of nitrogens with zero attached hydrogens (tertiary/aromatic N) is 1. The lowest BCUT2D eigenvalue weighted by molar-refractivity contribution is -0.179. The number of methoxy groups -OCH3 is 1. The fraction of sp³-hybridized carbons (Fsp3) is 0.423. The van der Waals surface area contributed by atoms with E-state index in [0.29, 0.717) is 6.42 Å². The number of aliphatic hydroxyl groups is 1. The normalized spacial score (nSPS) is 28.0. The van der Waals surface area contributed by atoms with Gasteiger partial charge in [-0.15, -0.1) is 0 Å². The predicted octanol–water partition coefficient (Wildman–Crippen LogP) is 4.60. The minimum Gasteiger partial charge on any atom is -0.467 e. The van der Waals surface area contributed by atoms with Gasteiger partial charge in [0.15, 0.2) is 5.60 Å². The van der Waals surface area contributed by atoms with Gasteiger partial charge in [-0.05, 0) is 49.3 Å². The van der Waals surface area contributed by atoms with Gasteiger partial charge in [0, 0.05) is 34.5 Å². The van der Waals surface area contributed by atoms with Crippen LogP contribution >= 0.6 is 0 Å². The molecule has 3 aromatic rings. The molecule has 30 heavy (non-hydrogen) atoms. The monoisotopic (exact) mass is 403 g/mol. The number of hydrogen-bond acceptors (Lipinski definition) is 3. The second-order valence-electron chi connectivity index (χ2n) is 9.19. The molecule has 2 aliphatic carbocycles. The lowest BCUT2D eigenvalue weighted by atomic mass is 9.54. The molecule has 0 bridgehead atoms. The van der Waals surface area contributed by atoms with Crippen molar-refractivity contribution in [2.75, 3.05) is 7.11 Å². The van der Waals surface area contributed by atoms with Gasteiger partial charge in [-0.25, -0.2) is 4.79 Å². The number of carbonyl (C=O) groups excluding carboxylic acids is 1. The molecule has 1 saturated carbocycles. The molecule has 1 N–H and O–H groups in total.